The molecule has 3 heterocycles. The Morgan fingerprint density at radius 3 is 3.06 bits per heavy atom. The molecule has 1 atom stereocenters. The summed E-state index contributed by atoms with van der Waals surface area (Å²) in [5.74, 6) is 1.93. The van der Waals surface area contributed by atoms with Crippen molar-refractivity contribution in [3.05, 3.63) is 30.1 Å². The number of anilines is 1. The van der Waals surface area contributed by atoms with Gasteiger partial charge in [-0.05, 0) is 24.5 Å². The van der Waals surface area contributed by atoms with E-state index in [1.54, 1.807) is 0 Å². The summed E-state index contributed by atoms with van der Waals surface area (Å²) in [6.45, 7) is 4.57. The first kappa shape index (κ1) is 11.1. The van der Waals surface area contributed by atoms with Crippen LogP contribution in [-0.4, -0.2) is 22.5 Å². The van der Waals surface area contributed by atoms with Gasteiger partial charge in [0.15, 0.2) is 5.82 Å². The van der Waals surface area contributed by atoms with Crippen LogP contribution < -0.4 is 4.90 Å². The third-order valence-corrected chi connectivity index (χ3v) is 3.99. The zero-order chi connectivity index (χ0) is 11.8. The molecule has 17 heavy (non-hydrogen) atoms. The van der Waals surface area contributed by atoms with Gasteiger partial charge in [0.25, 0.3) is 0 Å². The maximum Gasteiger partial charge on any atom is 0.152 e. The Morgan fingerprint density at radius 2 is 2.35 bits per heavy atom. The van der Waals surface area contributed by atoms with E-state index in [2.05, 4.69) is 50.5 Å². The maximum absolute atomic E-state index is 4.76. The Kier molecular flexibility index (Phi) is 2.82. The first-order valence-electron chi connectivity index (χ1n) is 6.06. The lowest BCUT2D eigenvalue weighted by Crippen LogP contribution is -2.20. The van der Waals surface area contributed by atoms with E-state index in [-0.39, 0.29) is 0 Å². The lowest BCUT2D eigenvalue weighted by molar-refractivity contribution is 0.659. The van der Waals surface area contributed by atoms with Crippen LogP contribution in [0.5, 0.6) is 0 Å². The molecule has 0 amide bonds. The number of hydrogen-bond acceptors (Lipinski definition) is 2. The molecule has 1 aliphatic rings. The third-order valence-electron chi connectivity index (χ3n) is 3.46. The van der Waals surface area contributed by atoms with Gasteiger partial charge < -0.3 is 9.30 Å². The predicted octanol–water partition coefficient (Wildman–Crippen LogP) is 3.08. The Hall–Kier alpha value is -1.03. The van der Waals surface area contributed by atoms with E-state index in [1.165, 1.54) is 12.1 Å². The first-order chi connectivity index (χ1) is 8.29. The molecule has 1 aliphatic heterocycles. The molecule has 0 aromatic carbocycles. The molecule has 0 N–H and O–H groups in total. The van der Waals surface area contributed by atoms with Crippen LogP contribution in [0.3, 0.4) is 0 Å². The van der Waals surface area contributed by atoms with Crippen molar-refractivity contribution in [2.75, 3.05) is 18.0 Å². The molecule has 0 spiro atoms. The molecule has 1 saturated heterocycles. The molecule has 1 fully saturated rings. The topological polar surface area (TPSA) is 20.5 Å². The summed E-state index contributed by atoms with van der Waals surface area (Å²) in [5.41, 5.74) is 2.30. The van der Waals surface area contributed by atoms with Crippen molar-refractivity contribution in [1.82, 2.24) is 9.38 Å². The minimum atomic E-state index is 0.781. The summed E-state index contributed by atoms with van der Waals surface area (Å²) >= 11 is 3.58. The van der Waals surface area contributed by atoms with E-state index in [0.29, 0.717) is 0 Å². The van der Waals surface area contributed by atoms with Crippen LogP contribution in [0.25, 0.3) is 5.65 Å². The van der Waals surface area contributed by atoms with Crippen molar-refractivity contribution in [1.29, 1.82) is 0 Å². The van der Waals surface area contributed by atoms with Gasteiger partial charge in [-0.25, -0.2) is 4.98 Å². The second-order valence-electron chi connectivity index (χ2n) is 4.78. The summed E-state index contributed by atoms with van der Waals surface area (Å²) < 4.78 is 2.17. The van der Waals surface area contributed by atoms with Crippen LogP contribution >= 0.6 is 15.9 Å². The molecule has 0 bridgehead atoms. The van der Waals surface area contributed by atoms with Crippen LogP contribution in [-0.2, 0) is 5.33 Å². The van der Waals surface area contributed by atoms with Gasteiger partial charge >= 0.3 is 0 Å². The summed E-state index contributed by atoms with van der Waals surface area (Å²) in [7, 11) is 0. The number of hydrogen-bond donors (Lipinski definition) is 0. The van der Waals surface area contributed by atoms with E-state index in [9.17, 15) is 0 Å². The number of rotatable bonds is 2. The molecular formula is C13H16BrN3. The number of halogens is 1. The second-order valence-corrected chi connectivity index (χ2v) is 5.35. The molecular weight excluding hydrogens is 278 g/mol. The van der Waals surface area contributed by atoms with E-state index in [0.717, 1.165) is 35.8 Å². The molecule has 3 rings (SSSR count). The van der Waals surface area contributed by atoms with E-state index in [4.69, 9.17) is 4.98 Å². The first-order valence-corrected chi connectivity index (χ1v) is 7.18. The van der Waals surface area contributed by atoms with Gasteiger partial charge in [-0.1, -0.05) is 28.9 Å². The van der Waals surface area contributed by atoms with Crippen LogP contribution in [0, 0.1) is 5.92 Å². The van der Waals surface area contributed by atoms with Crippen molar-refractivity contribution in [2.24, 2.45) is 5.92 Å². The quantitative estimate of drug-likeness (QED) is 0.793. The van der Waals surface area contributed by atoms with Crippen molar-refractivity contribution in [2.45, 2.75) is 18.7 Å². The predicted molar refractivity (Wildman–Crippen MR) is 73.8 cm³/mol. The number of alkyl halides is 1. The van der Waals surface area contributed by atoms with Crippen molar-refractivity contribution < 1.29 is 0 Å². The van der Waals surface area contributed by atoms with E-state index >= 15 is 0 Å². The molecule has 1 unspecified atom stereocenters. The SMILES string of the molecule is CC1CCN(c2nc3ccccn3c2CBr)C1. The smallest absolute Gasteiger partial charge is 0.152 e. The van der Waals surface area contributed by atoms with Crippen LogP contribution in [0.2, 0.25) is 0 Å². The molecule has 0 aliphatic carbocycles. The summed E-state index contributed by atoms with van der Waals surface area (Å²) in [4.78, 5) is 7.17. The van der Waals surface area contributed by atoms with Crippen LogP contribution in [0.1, 0.15) is 19.0 Å². The largest absolute Gasteiger partial charge is 0.355 e. The zero-order valence-electron chi connectivity index (χ0n) is 9.93. The minimum Gasteiger partial charge on any atom is -0.355 e. The lowest BCUT2D eigenvalue weighted by atomic mass is 10.2. The molecule has 0 saturated carbocycles. The highest BCUT2D eigenvalue weighted by atomic mass is 79.9. The average Bonchev–Trinajstić information content (AvgIpc) is 2.91. The standard InChI is InChI=1S/C13H16BrN3/c1-10-5-7-16(9-10)13-11(8-14)17-6-3-2-4-12(17)15-13/h2-4,6,10H,5,7-9H2,1H3. The van der Waals surface area contributed by atoms with E-state index in [1.807, 2.05) is 6.07 Å². The van der Waals surface area contributed by atoms with E-state index < -0.39 is 0 Å². The Balaban J connectivity index is 2.09. The highest BCUT2D eigenvalue weighted by molar-refractivity contribution is 9.08. The van der Waals surface area contributed by atoms with Crippen molar-refractivity contribution in [3.8, 4) is 0 Å². The van der Waals surface area contributed by atoms with Gasteiger partial charge in [0.05, 0.1) is 5.69 Å². The second kappa shape index (κ2) is 4.33. The summed E-state index contributed by atoms with van der Waals surface area (Å²) in [5, 5.41) is 0.846. The average molecular weight is 294 g/mol. The lowest BCUT2D eigenvalue weighted by Gasteiger charge is -2.16. The number of nitrogens with zero attached hydrogens (tertiary/aromatic N) is 3. The zero-order valence-corrected chi connectivity index (χ0v) is 11.5. The monoisotopic (exact) mass is 293 g/mol. The minimum absolute atomic E-state index is 0.781. The van der Waals surface area contributed by atoms with Crippen LogP contribution in [0.15, 0.2) is 24.4 Å². The molecule has 2 aromatic rings. The molecule has 0 radical (unpaired) electrons. The van der Waals surface area contributed by atoms with Gasteiger partial charge in [-0.15, -0.1) is 0 Å². The molecule has 3 nitrogen and oxygen atoms in total. The fourth-order valence-corrected chi connectivity index (χ4v) is 3.06. The van der Waals surface area contributed by atoms with Gasteiger partial charge in [0, 0.05) is 24.6 Å². The number of pyridine rings is 1. The number of imidazole rings is 1. The molecule has 90 valence electrons. The number of fused-ring (bicyclic) bond motifs is 1. The fourth-order valence-electron chi connectivity index (χ4n) is 2.54. The third kappa shape index (κ3) is 1.84. The fraction of sp³-hybridized carbons (Fsp3) is 0.462. The highest BCUT2D eigenvalue weighted by Crippen LogP contribution is 2.28. The van der Waals surface area contributed by atoms with Gasteiger partial charge in [-0.3, -0.25) is 0 Å². The normalized spacial score (nSPS) is 20.4. The van der Waals surface area contributed by atoms with Crippen molar-refractivity contribution >= 4 is 27.4 Å². The molecule has 2 aromatic heterocycles. The van der Waals surface area contributed by atoms with Crippen LogP contribution in [0.4, 0.5) is 5.82 Å². The maximum atomic E-state index is 4.76. The Bertz CT molecular complexity index is 534. The van der Waals surface area contributed by atoms with Gasteiger partial charge in [-0.2, -0.15) is 0 Å². The van der Waals surface area contributed by atoms with Gasteiger partial charge in [0.2, 0.25) is 0 Å². The Morgan fingerprint density at radius 1 is 1.47 bits per heavy atom. The Labute approximate surface area is 110 Å². The highest BCUT2D eigenvalue weighted by Gasteiger charge is 2.24. The summed E-state index contributed by atoms with van der Waals surface area (Å²) in [6.07, 6.45) is 3.36. The van der Waals surface area contributed by atoms with Crippen molar-refractivity contribution in [3.63, 3.8) is 0 Å². The molecule has 4 heteroatoms. The van der Waals surface area contributed by atoms with Gasteiger partial charge in [0.1, 0.15) is 5.65 Å². The summed E-state index contributed by atoms with van der Waals surface area (Å²) in [6, 6.07) is 6.16. The number of aromatic nitrogens is 2.